The second-order valence-corrected chi connectivity index (χ2v) is 7.89. The fraction of sp³-hybridized carbons (Fsp3) is 0.556. The average molecular weight is 422 g/mol. The molecule has 3 amide bonds. The van der Waals surface area contributed by atoms with Gasteiger partial charge in [-0.15, -0.1) is 0 Å². The summed E-state index contributed by atoms with van der Waals surface area (Å²) >= 11 is 0. The number of amides is 3. The Hall–Kier alpha value is -3.44. The van der Waals surface area contributed by atoms with E-state index in [0.717, 1.165) is 4.57 Å². The topological polar surface area (TPSA) is 146 Å². The van der Waals surface area contributed by atoms with Gasteiger partial charge < -0.3 is 14.6 Å². The first kappa shape index (κ1) is 22.8. The highest BCUT2D eigenvalue weighted by Gasteiger charge is 2.22. The molecule has 164 valence electrons. The number of imide groups is 1. The summed E-state index contributed by atoms with van der Waals surface area (Å²) in [6, 6.07) is -0.693. The van der Waals surface area contributed by atoms with Gasteiger partial charge in [0.2, 0.25) is 0 Å². The molecule has 0 bridgehead atoms. The van der Waals surface area contributed by atoms with Gasteiger partial charge in [0, 0.05) is 26.2 Å². The third-order valence-electron chi connectivity index (χ3n) is 4.18. The van der Waals surface area contributed by atoms with Crippen LogP contribution in [0.15, 0.2) is 15.9 Å². The van der Waals surface area contributed by atoms with Crippen LogP contribution in [0.1, 0.15) is 34.1 Å². The maximum atomic E-state index is 12.4. The van der Waals surface area contributed by atoms with Crippen molar-refractivity contribution in [3.05, 3.63) is 27.2 Å². The van der Waals surface area contributed by atoms with Crippen molar-refractivity contribution in [2.24, 2.45) is 14.1 Å². The van der Waals surface area contributed by atoms with Crippen LogP contribution in [0.25, 0.3) is 11.2 Å². The third-order valence-corrected chi connectivity index (χ3v) is 4.18. The molecule has 1 atom stereocenters. The van der Waals surface area contributed by atoms with E-state index in [1.807, 2.05) is 0 Å². The second kappa shape index (κ2) is 8.51. The Morgan fingerprint density at radius 2 is 1.80 bits per heavy atom. The van der Waals surface area contributed by atoms with Crippen LogP contribution in [-0.2, 0) is 35.0 Å². The van der Waals surface area contributed by atoms with Crippen LogP contribution in [0, 0.1) is 0 Å². The summed E-state index contributed by atoms with van der Waals surface area (Å²) in [6.07, 6.45) is 0.0195. The number of carbonyl (C=O) groups is 3. The lowest BCUT2D eigenvalue weighted by Gasteiger charge is -2.21. The van der Waals surface area contributed by atoms with E-state index in [0.29, 0.717) is 0 Å². The number of ether oxygens (including phenoxy) is 1. The monoisotopic (exact) mass is 422 g/mol. The van der Waals surface area contributed by atoms with Crippen molar-refractivity contribution in [2.45, 2.75) is 52.3 Å². The summed E-state index contributed by atoms with van der Waals surface area (Å²) in [7, 11) is 2.84. The molecule has 1 unspecified atom stereocenters. The van der Waals surface area contributed by atoms with Crippen LogP contribution in [0.2, 0.25) is 0 Å². The minimum absolute atomic E-state index is 0.0572. The number of esters is 1. The fourth-order valence-corrected chi connectivity index (χ4v) is 2.67. The van der Waals surface area contributed by atoms with Gasteiger partial charge in [-0.2, -0.15) is 0 Å². The minimum Gasteiger partial charge on any atom is -0.452 e. The molecule has 30 heavy (non-hydrogen) atoms. The Kier molecular flexibility index (Phi) is 6.48. The lowest BCUT2D eigenvalue weighted by molar-refractivity contribution is -0.154. The molecule has 0 saturated carbocycles. The molecule has 2 heterocycles. The number of urea groups is 1. The molecule has 2 rings (SSSR count). The molecule has 0 saturated heterocycles. The number of rotatable bonds is 5. The Morgan fingerprint density at radius 3 is 2.40 bits per heavy atom. The molecule has 0 aliphatic rings. The quantitative estimate of drug-likeness (QED) is 0.611. The van der Waals surface area contributed by atoms with E-state index in [2.05, 4.69) is 15.6 Å². The van der Waals surface area contributed by atoms with Gasteiger partial charge in [0.15, 0.2) is 17.3 Å². The van der Waals surface area contributed by atoms with E-state index < -0.39 is 40.8 Å². The number of nitrogens with zero attached hydrogens (tertiary/aromatic N) is 4. The maximum absolute atomic E-state index is 12.4. The Morgan fingerprint density at radius 1 is 1.17 bits per heavy atom. The standard InChI is InChI=1S/C18H26N6O6/c1-10(14(26)20-16(28)21-18(2,3)4)30-11(25)7-8-24-9-19-13-12(24)15(27)23(6)17(29)22(13)5/h9-10H,7-8H2,1-6H3,(H2,20,21,26,28). The zero-order valence-electron chi connectivity index (χ0n) is 17.8. The lowest BCUT2D eigenvalue weighted by atomic mass is 10.1. The van der Waals surface area contributed by atoms with Crippen molar-refractivity contribution in [3.8, 4) is 0 Å². The van der Waals surface area contributed by atoms with Gasteiger partial charge in [0.1, 0.15) is 0 Å². The maximum Gasteiger partial charge on any atom is 0.332 e. The molecular weight excluding hydrogens is 396 g/mol. The number of imidazole rings is 1. The number of aromatic nitrogens is 4. The summed E-state index contributed by atoms with van der Waals surface area (Å²) in [5.74, 6) is -1.46. The summed E-state index contributed by atoms with van der Waals surface area (Å²) in [4.78, 5) is 64.2. The van der Waals surface area contributed by atoms with Crippen LogP contribution in [0.5, 0.6) is 0 Å². The SMILES string of the molecule is CC(OC(=O)CCn1cnc2c1c(=O)n(C)c(=O)n2C)C(=O)NC(=O)NC(C)(C)C. The Bertz CT molecular complexity index is 1100. The molecule has 2 N–H and O–H groups in total. The van der Waals surface area contributed by atoms with Crippen molar-refractivity contribution in [2.75, 3.05) is 0 Å². The van der Waals surface area contributed by atoms with Crippen molar-refractivity contribution in [1.82, 2.24) is 29.3 Å². The van der Waals surface area contributed by atoms with Crippen LogP contribution in [0.4, 0.5) is 4.79 Å². The summed E-state index contributed by atoms with van der Waals surface area (Å²) in [6.45, 7) is 6.67. The zero-order chi connectivity index (χ0) is 22.8. The summed E-state index contributed by atoms with van der Waals surface area (Å²) in [5, 5.41) is 4.66. The number of hydrogen-bond donors (Lipinski definition) is 2. The normalized spacial score (nSPS) is 12.5. The molecule has 2 aromatic heterocycles. The number of nitrogens with one attached hydrogen (secondary N) is 2. The Balaban J connectivity index is 2.00. The molecule has 12 nitrogen and oxygen atoms in total. The van der Waals surface area contributed by atoms with Crippen LogP contribution >= 0.6 is 0 Å². The highest BCUT2D eigenvalue weighted by Crippen LogP contribution is 2.07. The van der Waals surface area contributed by atoms with Gasteiger partial charge in [-0.1, -0.05) is 0 Å². The van der Waals surface area contributed by atoms with E-state index in [1.165, 1.54) is 36.5 Å². The molecule has 0 fully saturated rings. The third kappa shape index (κ3) is 5.13. The second-order valence-electron chi connectivity index (χ2n) is 7.89. The zero-order valence-corrected chi connectivity index (χ0v) is 17.8. The van der Waals surface area contributed by atoms with E-state index in [9.17, 15) is 24.0 Å². The van der Waals surface area contributed by atoms with Crippen LogP contribution in [0.3, 0.4) is 0 Å². The number of carbonyl (C=O) groups excluding carboxylic acids is 3. The molecule has 2 aromatic rings. The fourth-order valence-electron chi connectivity index (χ4n) is 2.67. The van der Waals surface area contributed by atoms with Gasteiger partial charge >= 0.3 is 17.7 Å². The van der Waals surface area contributed by atoms with Crippen molar-refractivity contribution >= 4 is 29.1 Å². The largest absolute Gasteiger partial charge is 0.452 e. The predicted molar refractivity (Wildman–Crippen MR) is 107 cm³/mol. The highest BCUT2D eigenvalue weighted by molar-refractivity contribution is 5.97. The highest BCUT2D eigenvalue weighted by atomic mass is 16.5. The van der Waals surface area contributed by atoms with E-state index in [4.69, 9.17) is 4.74 Å². The first-order chi connectivity index (χ1) is 13.8. The van der Waals surface area contributed by atoms with E-state index >= 15 is 0 Å². The first-order valence-corrected chi connectivity index (χ1v) is 9.25. The molecule has 0 spiro atoms. The number of hydrogen-bond acceptors (Lipinski definition) is 7. The van der Waals surface area contributed by atoms with E-state index in [1.54, 1.807) is 20.8 Å². The van der Waals surface area contributed by atoms with Crippen LogP contribution in [-0.4, -0.2) is 48.2 Å². The summed E-state index contributed by atoms with van der Waals surface area (Å²) < 4.78 is 8.68. The van der Waals surface area contributed by atoms with Crippen molar-refractivity contribution in [1.29, 1.82) is 0 Å². The lowest BCUT2D eigenvalue weighted by Crippen LogP contribution is -2.50. The van der Waals surface area contributed by atoms with Gasteiger partial charge in [-0.3, -0.25) is 28.8 Å². The first-order valence-electron chi connectivity index (χ1n) is 9.25. The average Bonchev–Trinajstić information content (AvgIpc) is 3.05. The molecule has 0 aliphatic carbocycles. The molecule has 0 aliphatic heterocycles. The van der Waals surface area contributed by atoms with Crippen molar-refractivity contribution < 1.29 is 19.1 Å². The van der Waals surface area contributed by atoms with Gasteiger partial charge in [0.25, 0.3) is 11.5 Å². The van der Waals surface area contributed by atoms with Gasteiger partial charge in [0.05, 0.1) is 12.7 Å². The molecule has 12 heteroatoms. The molecule has 0 aromatic carbocycles. The van der Waals surface area contributed by atoms with Crippen LogP contribution < -0.4 is 21.9 Å². The molecular formula is C18H26N6O6. The van der Waals surface area contributed by atoms with Gasteiger partial charge in [-0.05, 0) is 27.7 Å². The number of fused-ring (bicyclic) bond motifs is 1. The summed E-state index contributed by atoms with van der Waals surface area (Å²) in [5.41, 5.74) is -1.19. The van der Waals surface area contributed by atoms with Crippen molar-refractivity contribution in [3.63, 3.8) is 0 Å². The minimum atomic E-state index is -1.18. The number of aryl methyl sites for hydroxylation is 2. The predicted octanol–water partition coefficient (Wildman–Crippen LogP) is -0.620. The molecule has 0 radical (unpaired) electrons. The Labute approximate surface area is 171 Å². The van der Waals surface area contributed by atoms with E-state index in [-0.39, 0.29) is 24.1 Å². The smallest absolute Gasteiger partial charge is 0.332 e. The van der Waals surface area contributed by atoms with Gasteiger partial charge in [-0.25, -0.2) is 14.6 Å².